The van der Waals surface area contributed by atoms with Crippen LogP contribution >= 0.6 is 0 Å². The molecule has 0 radical (unpaired) electrons. The number of nitrogens with zero attached hydrogens (tertiary/aromatic N) is 3. The third-order valence-electron chi connectivity index (χ3n) is 10.1. The molecule has 0 atom stereocenters. The largest absolute Gasteiger partial charge is 0.507 e. The van der Waals surface area contributed by atoms with Crippen molar-refractivity contribution in [1.82, 2.24) is 14.5 Å². The SMILES string of the molecule is [2H]C([2H])([2H])C(c1ccc(-n2c(-c3ccccc3O)nc3c(-c4cc(-c5cc(-c6ccc(C)cc6)ccn5)cc(C(C)(C)C)c4)cccc32)c(-c2ccccc2)c1)(C([2H])([2H])[2H])C([2H])([2H])[2H]. The summed E-state index contributed by atoms with van der Waals surface area (Å²) in [4.78, 5) is 10.1. The monoisotopic (exact) mass is 726 g/mol. The average molecular weight is 727 g/mol. The lowest BCUT2D eigenvalue weighted by Crippen LogP contribution is -2.12. The Hall–Kier alpha value is -6.26. The molecule has 8 rings (SSSR count). The summed E-state index contributed by atoms with van der Waals surface area (Å²) in [7, 11) is 0. The predicted molar refractivity (Wildman–Crippen MR) is 230 cm³/mol. The molecule has 4 nitrogen and oxygen atoms in total. The van der Waals surface area contributed by atoms with Gasteiger partial charge in [0.15, 0.2) is 0 Å². The molecule has 0 unspecified atom stereocenters. The highest BCUT2D eigenvalue weighted by atomic mass is 16.3. The summed E-state index contributed by atoms with van der Waals surface area (Å²) < 4.78 is 78.2. The first kappa shape index (κ1) is 26.5. The highest BCUT2D eigenvalue weighted by molar-refractivity contribution is 5.97. The van der Waals surface area contributed by atoms with Gasteiger partial charge in [-0.05, 0) is 106 Å². The van der Waals surface area contributed by atoms with E-state index < -0.39 is 26.0 Å². The summed E-state index contributed by atoms with van der Waals surface area (Å²) >= 11 is 0. The van der Waals surface area contributed by atoms with Gasteiger partial charge in [0, 0.05) is 35.2 Å². The topological polar surface area (TPSA) is 50.9 Å². The normalized spacial score (nSPS) is 15.1. The van der Waals surface area contributed by atoms with Crippen molar-refractivity contribution >= 4 is 11.0 Å². The zero-order valence-electron chi connectivity index (χ0n) is 40.2. The van der Waals surface area contributed by atoms with Gasteiger partial charge >= 0.3 is 0 Å². The van der Waals surface area contributed by atoms with Crippen LogP contribution in [0.15, 0.2) is 152 Å². The Labute approximate surface area is 337 Å². The van der Waals surface area contributed by atoms with Crippen LogP contribution in [-0.4, -0.2) is 19.6 Å². The van der Waals surface area contributed by atoms with E-state index in [1.807, 2.05) is 41.1 Å². The van der Waals surface area contributed by atoms with Gasteiger partial charge in [0.05, 0.1) is 28.0 Å². The van der Waals surface area contributed by atoms with Gasteiger partial charge in [0.1, 0.15) is 11.6 Å². The number of aromatic hydroxyl groups is 1. The molecule has 1 N–H and O–H groups in total. The van der Waals surface area contributed by atoms with E-state index in [0.29, 0.717) is 39.2 Å². The number of rotatable bonds is 6. The van der Waals surface area contributed by atoms with Gasteiger partial charge in [0.25, 0.3) is 0 Å². The minimum atomic E-state index is -3.46. The number of pyridine rings is 1. The maximum atomic E-state index is 11.4. The first-order valence-corrected chi connectivity index (χ1v) is 18.3. The summed E-state index contributed by atoms with van der Waals surface area (Å²) in [5, 5.41) is 11.4. The maximum absolute atomic E-state index is 11.4. The Morgan fingerprint density at radius 1 is 0.564 bits per heavy atom. The Bertz CT molecular complexity index is 2980. The number of aryl methyl sites for hydroxylation is 1. The number of fused-ring (bicyclic) bond motifs is 1. The number of phenols is 1. The van der Waals surface area contributed by atoms with Gasteiger partial charge in [-0.1, -0.05) is 138 Å². The van der Waals surface area contributed by atoms with Crippen LogP contribution < -0.4 is 0 Å². The molecule has 2 heterocycles. The molecule has 0 aliphatic heterocycles. The van der Waals surface area contributed by atoms with Crippen LogP contribution in [0.2, 0.25) is 0 Å². The van der Waals surface area contributed by atoms with E-state index in [9.17, 15) is 5.11 Å². The van der Waals surface area contributed by atoms with Gasteiger partial charge in [-0.3, -0.25) is 9.55 Å². The van der Waals surface area contributed by atoms with E-state index in [2.05, 4.69) is 76.2 Å². The molecule has 0 aliphatic carbocycles. The molecule has 0 saturated carbocycles. The molecule has 6 aromatic carbocycles. The minimum absolute atomic E-state index is 0.0405. The average Bonchev–Trinajstić information content (AvgIpc) is 3.62. The standard InChI is InChI=1S/C51H47N3O/c1-33-20-22-34(23-21-33)36-26-27-52-44(31-36)38-28-37(29-40(30-38)51(5,6)7)41-17-13-18-46-48(41)53-49(42-16-11-12-19-47(42)55)54(46)45-25-24-39(50(2,3)4)32-43(45)35-14-9-8-10-15-35/h8-32,55H,1-7H3/i2D3,3D3,4D3. The molecule has 2 aromatic heterocycles. The van der Waals surface area contributed by atoms with E-state index in [1.165, 1.54) is 17.7 Å². The predicted octanol–water partition coefficient (Wildman–Crippen LogP) is 13.4. The molecule has 8 aromatic rings. The smallest absolute Gasteiger partial charge is 0.149 e. The quantitative estimate of drug-likeness (QED) is 0.186. The van der Waals surface area contributed by atoms with Crippen LogP contribution in [0.5, 0.6) is 5.75 Å². The Morgan fingerprint density at radius 3 is 2.04 bits per heavy atom. The molecule has 0 bridgehead atoms. The molecule has 0 aliphatic rings. The van der Waals surface area contributed by atoms with Gasteiger partial charge in [-0.25, -0.2) is 4.98 Å². The molecule has 0 fully saturated rings. The highest BCUT2D eigenvalue weighted by Gasteiger charge is 2.25. The number of phenolic OH excluding ortho intramolecular Hbond substituents is 1. The van der Waals surface area contributed by atoms with Crippen LogP contribution in [0, 0.1) is 6.92 Å². The molecular formula is C51H47N3O. The lowest BCUT2D eigenvalue weighted by atomic mass is 9.83. The summed E-state index contributed by atoms with van der Waals surface area (Å²) in [6.45, 7) is -1.85. The Balaban J connectivity index is 1.42. The van der Waals surface area contributed by atoms with Crippen molar-refractivity contribution in [2.75, 3.05) is 0 Å². The van der Waals surface area contributed by atoms with Crippen molar-refractivity contribution in [3.05, 3.63) is 168 Å². The fraction of sp³-hybridized carbons (Fsp3) is 0.176. The van der Waals surface area contributed by atoms with E-state index in [4.69, 9.17) is 22.3 Å². The van der Waals surface area contributed by atoms with E-state index in [0.717, 1.165) is 39.1 Å². The fourth-order valence-corrected chi connectivity index (χ4v) is 7.11. The summed E-state index contributed by atoms with van der Waals surface area (Å²) in [6, 6.07) is 44.7. The Kier molecular flexibility index (Phi) is 6.68. The van der Waals surface area contributed by atoms with E-state index in [1.54, 1.807) is 54.6 Å². The number of benzene rings is 6. The van der Waals surface area contributed by atoms with E-state index >= 15 is 0 Å². The molecule has 0 amide bonds. The second-order valence-corrected chi connectivity index (χ2v) is 15.2. The number of aromatic nitrogens is 3. The lowest BCUT2D eigenvalue weighted by Gasteiger charge is -2.23. The van der Waals surface area contributed by atoms with Gasteiger partial charge < -0.3 is 5.11 Å². The molecule has 0 spiro atoms. The zero-order valence-corrected chi connectivity index (χ0v) is 31.2. The van der Waals surface area contributed by atoms with Gasteiger partial charge in [-0.2, -0.15) is 0 Å². The fourth-order valence-electron chi connectivity index (χ4n) is 7.11. The van der Waals surface area contributed by atoms with Crippen molar-refractivity contribution in [2.24, 2.45) is 0 Å². The van der Waals surface area contributed by atoms with Crippen molar-refractivity contribution in [2.45, 2.75) is 59.1 Å². The zero-order chi connectivity index (χ0) is 46.0. The number of hydrogen-bond acceptors (Lipinski definition) is 3. The summed E-state index contributed by atoms with van der Waals surface area (Å²) in [5.74, 6) is 0.306. The van der Waals surface area contributed by atoms with Crippen molar-refractivity contribution in [1.29, 1.82) is 0 Å². The molecule has 0 saturated heterocycles. The first-order valence-electron chi connectivity index (χ1n) is 22.8. The number of imidazole rings is 1. The molecular weight excluding hydrogens is 671 g/mol. The summed E-state index contributed by atoms with van der Waals surface area (Å²) in [6.07, 6.45) is 1.82. The van der Waals surface area contributed by atoms with Crippen LogP contribution in [0.3, 0.4) is 0 Å². The lowest BCUT2D eigenvalue weighted by molar-refractivity contribution is 0.477. The van der Waals surface area contributed by atoms with Crippen LogP contribution in [0.4, 0.5) is 0 Å². The highest BCUT2D eigenvalue weighted by Crippen LogP contribution is 2.42. The van der Waals surface area contributed by atoms with Crippen LogP contribution in [-0.2, 0) is 10.8 Å². The van der Waals surface area contributed by atoms with Crippen LogP contribution in [0.1, 0.15) is 70.4 Å². The van der Waals surface area contributed by atoms with Gasteiger partial charge in [0.2, 0.25) is 0 Å². The molecule has 55 heavy (non-hydrogen) atoms. The first-order chi connectivity index (χ1) is 30.1. The molecule has 4 heteroatoms. The van der Waals surface area contributed by atoms with Gasteiger partial charge in [-0.15, -0.1) is 0 Å². The van der Waals surface area contributed by atoms with Crippen molar-refractivity contribution < 1.29 is 17.4 Å². The number of para-hydroxylation sites is 2. The van der Waals surface area contributed by atoms with Crippen LogP contribution in [0.25, 0.3) is 72.7 Å². The second-order valence-electron chi connectivity index (χ2n) is 15.2. The number of hydrogen-bond donors (Lipinski definition) is 1. The third-order valence-corrected chi connectivity index (χ3v) is 10.1. The summed E-state index contributed by atoms with van der Waals surface area (Å²) in [5.41, 5.74) is 6.86. The maximum Gasteiger partial charge on any atom is 0.149 e. The van der Waals surface area contributed by atoms with E-state index in [-0.39, 0.29) is 16.7 Å². The second kappa shape index (κ2) is 13.9. The van der Waals surface area contributed by atoms with Crippen molar-refractivity contribution in [3.8, 4) is 67.5 Å². The third kappa shape index (κ3) is 6.97. The minimum Gasteiger partial charge on any atom is -0.507 e. The van der Waals surface area contributed by atoms with Crippen molar-refractivity contribution in [3.63, 3.8) is 0 Å². The molecule has 272 valence electrons. The Morgan fingerprint density at radius 2 is 1.29 bits per heavy atom.